The maximum atomic E-state index is 9.10. The van der Waals surface area contributed by atoms with E-state index in [4.69, 9.17) is 19.0 Å². The van der Waals surface area contributed by atoms with Gasteiger partial charge in [-0.15, -0.1) is 0 Å². The molecule has 1 N–H and O–H groups in total. The van der Waals surface area contributed by atoms with Gasteiger partial charge in [-0.1, -0.05) is 0 Å². The monoisotopic (exact) mass is 428 g/mol. The number of benzene rings is 2. The molecule has 3 aromatic rings. The molecular formula is C16H14Br2O4. The lowest BCUT2D eigenvalue weighted by Gasteiger charge is -2.00. The minimum absolute atomic E-state index is 0.194. The topological polar surface area (TPSA) is 51.8 Å². The van der Waals surface area contributed by atoms with Crippen LogP contribution in [0.5, 0.6) is 17.2 Å². The van der Waals surface area contributed by atoms with Gasteiger partial charge in [0.25, 0.3) is 0 Å². The number of aromatic hydroxyl groups is 1. The molecule has 3 rings (SSSR count). The van der Waals surface area contributed by atoms with Gasteiger partial charge in [0.1, 0.15) is 17.2 Å². The summed E-state index contributed by atoms with van der Waals surface area (Å²) in [6.45, 7) is 0. The summed E-state index contributed by atoms with van der Waals surface area (Å²) in [4.78, 5) is 0. The van der Waals surface area contributed by atoms with E-state index in [9.17, 15) is 0 Å². The summed E-state index contributed by atoms with van der Waals surface area (Å²) in [7, 11) is 3.21. The molecule has 0 fully saturated rings. The highest BCUT2D eigenvalue weighted by molar-refractivity contribution is 9.11. The number of furan rings is 1. The summed E-state index contributed by atoms with van der Waals surface area (Å²) in [5.74, 6) is 1.68. The molecule has 0 aliphatic heterocycles. The zero-order valence-corrected chi connectivity index (χ0v) is 15.1. The Kier molecular flexibility index (Phi) is 5.74. The van der Waals surface area contributed by atoms with Crippen molar-refractivity contribution in [2.24, 2.45) is 0 Å². The molecule has 22 heavy (non-hydrogen) atoms. The predicted molar refractivity (Wildman–Crippen MR) is 92.8 cm³/mol. The number of methoxy groups -OCH3 is 2. The highest BCUT2D eigenvalue weighted by atomic mass is 79.9. The Balaban J connectivity index is 0.000000164. The van der Waals surface area contributed by atoms with Gasteiger partial charge in [0.05, 0.1) is 34.8 Å². The molecule has 1 aromatic heterocycles. The van der Waals surface area contributed by atoms with E-state index >= 15 is 0 Å². The van der Waals surface area contributed by atoms with E-state index in [1.54, 1.807) is 38.7 Å². The minimum Gasteiger partial charge on any atom is -0.507 e. The Labute approximate surface area is 144 Å². The fourth-order valence-corrected chi connectivity index (χ4v) is 2.49. The molecule has 4 nitrogen and oxygen atoms in total. The Morgan fingerprint density at radius 2 is 1.68 bits per heavy atom. The van der Waals surface area contributed by atoms with Crippen molar-refractivity contribution in [1.29, 1.82) is 0 Å². The molecule has 2 aromatic carbocycles. The van der Waals surface area contributed by atoms with E-state index in [1.807, 2.05) is 18.2 Å². The highest BCUT2D eigenvalue weighted by Gasteiger charge is 2.06. The van der Waals surface area contributed by atoms with Crippen LogP contribution in [0.4, 0.5) is 0 Å². The lowest BCUT2D eigenvalue weighted by molar-refractivity contribution is 0.407. The second-order valence-corrected chi connectivity index (χ2v) is 5.94. The van der Waals surface area contributed by atoms with Crippen molar-refractivity contribution in [3.63, 3.8) is 0 Å². The van der Waals surface area contributed by atoms with Crippen LogP contribution < -0.4 is 9.47 Å². The Bertz CT molecular complexity index is 768. The summed E-state index contributed by atoms with van der Waals surface area (Å²) in [5, 5.41) is 10.1. The first kappa shape index (κ1) is 16.7. The summed E-state index contributed by atoms with van der Waals surface area (Å²) < 4.78 is 16.9. The number of ether oxygens (including phenoxy) is 2. The van der Waals surface area contributed by atoms with Gasteiger partial charge in [-0.2, -0.15) is 0 Å². The standard InChI is InChI=1S/C9H7BrO2.C7H7BrO2/c1-11-8-3-2-7(10)9-6(8)4-5-12-9;1-10-5-2-3-6(8)7(9)4-5/h2-5H,1H3;2-4,9H,1H3. The van der Waals surface area contributed by atoms with Crippen molar-refractivity contribution >= 4 is 42.8 Å². The van der Waals surface area contributed by atoms with E-state index in [1.165, 1.54) is 0 Å². The molecule has 1 heterocycles. The van der Waals surface area contributed by atoms with Gasteiger partial charge in [-0.3, -0.25) is 0 Å². The highest BCUT2D eigenvalue weighted by Crippen LogP contribution is 2.32. The van der Waals surface area contributed by atoms with Crippen LogP contribution in [0.15, 0.2) is 56.0 Å². The summed E-state index contributed by atoms with van der Waals surface area (Å²) >= 11 is 6.54. The van der Waals surface area contributed by atoms with Gasteiger partial charge in [0.2, 0.25) is 0 Å². The van der Waals surface area contributed by atoms with E-state index in [-0.39, 0.29) is 5.75 Å². The van der Waals surface area contributed by atoms with Crippen LogP contribution in [0.1, 0.15) is 0 Å². The number of hydrogen-bond donors (Lipinski definition) is 1. The number of rotatable bonds is 2. The predicted octanol–water partition coefficient (Wildman–Crippen LogP) is 5.37. The molecule has 0 amide bonds. The molecule has 0 bridgehead atoms. The van der Waals surface area contributed by atoms with Gasteiger partial charge in [-0.05, 0) is 62.2 Å². The second-order valence-electron chi connectivity index (χ2n) is 4.23. The third-order valence-electron chi connectivity index (χ3n) is 2.90. The first-order valence-corrected chi connectivity index (χ1v) is 7.87. The normalized spacial score (nSPS) is 10.0. The fraction of sp³-hybridized carbons (Fsp3) is 0.125. The molecule has 0 aliphatic carbocycles. The van der Waals surface area contributed by atoms with Crippen LogP contribution in [0.25, 0.3) is 11.0 Å². The number of hydrogen-bond acceptors (Lipinski definition) is 4. The summed E-state index contributed by atoms with van der Waals surface area (Å²) in [6, 6.07) is 10.7. The van der Waals surface area contributed by atoms with Crippen LogP contribution in [0.3, 0.4) is 0 Å². The Morgan fingerprint density at radius 3 is 2.32 bits per heavy atom. The number of phenolic OH excluding ortho intramolecular Hbond substituents is 1. The third-order valence-corrected chi connectivity index (χ3v) is 4.20. The van der Waals surface area contributed by atoms with Gasteiger partial charge >= 0.3 is 0 Å². The SMILES string of the molecule is COc1ccc(Br)c(O)c1.COc1ccc(Br)c2occc12. The molecule has 0 spiro atoms. The lowest BCUT2D eigenvalue weighted by atomic mass is 10.2. The number of phenols is 1. The van der Waals surface area contributed by atoms with Crippen LogP contribution >= 0.6 is 31.9 Å². The van der Waals surface area contributed by atoms with E-state index in [2.05, 4.69) is 31.9 Å². The van der Waals surface area contributed by atoms with Gasteiger partial charge < -0.3 is 19.0 Å². The van der Waals surface area contributed by atoms with Crippen LogP contribution in [-0.2, 0) is 0 Å². The average Bonchev–Trinajstić information content (AvgIpc) is 3.02. The zero-order chi connectivity index (χ0) is 16.1. The smallest absolute Gasteiger partial charge is 0.151 e. The van der Waals surface area contributed by atoms with E-state index in [0.717, 1.165) is 21.2 Å². The summed E-state index contributed by atoms with van der Waals surface area (Å²) in [5.41, 5.74) is 0.828. The first-order valence-electron chi connectivity index (χ1n) is 6.29. The molecule has 0 unspecified atom stereocenters. The maximum Gasteiger partial charge on any atom is 0.151 e. The third kappa shape index (κ3) is 3.75. The molecule has 0 atom stereocenters. The Hall–Kier alpha value is -1.66. The van der Waals surface area contributed by atoms with Crippen molar-refractivity contribution in [3.05, 3.63) is 51.6 Å². The van der Waals surface area contributed by atoms with E-state index < -0.39 is 0 Å². The van der Waals surface area contributed by atoms with Gasteiger partial charge in [-0.25, -0.2) is 0 Å². The molecule has 6 heteroatoms. The van der Waals surface area contributed by atoms with Crippen LogP contribution in [-0.4, -0.2) is 19.3 Å². The second kappa shape index (κ2) is 7.56. The number of halogens is 2. The van der Waals surface area contributed by atoms with Crippen molar-refractivity contribution in [1.82, 2.24) is 0 Å². The van der Waals surface area contributed by atoms with Crippen molar-refractivity contribution < 1.29 is 19.0 Å². The zero-order valence-electron chi connectivity index (χ0n) is 12.0. The number of fused-ring (bicyclic) bond motifs is 1. The largest absolute Gasteiger partial charge is 0.507 e. The van der Waals surface area contributed by atoms with Gasteiger partial charge in [0, 0.05) is 6.07 Å². The molecule has 0 saturated heterocycles. The quantitative estimate of drug-likeness (QED) is 0.595. The Morgan fingerprint density at radius 1 is 0.955 bits per heavy atom. The fourth-order valence-electron chi connectivity index (χ4n) is 1.80. The van der Waals surface area contributed by atoms with Gasteiger partial charge in [0.15, 0.2) is 5.58 Å². The van der Waals surface area contributed by atoms with Crippen molar-refractivity contribution in [2.75, 3.05) is 14.2 Å². The summed E-state index contributed by atoms with van der Waals surface area (Å²) in [6.07, 6.45) is 1.65. The van der Waals surface area contributed by atoms with Crippen molar-refractivity contribution in [3.8, 4) is 17.2 Å². The minimum atomic E-state index is 0.194. The van der Waals surface area contributed by atoms with Crippen LogP contribution in [0.2, 0.25) is 0 Å². The van der Waals surface area contributed by atoms with Crippen LogP contribution in [0, 0.1) is 0 Å². The molecule has 0 saturated carbocycles. The molecule has 116 valence electrons. The average molecular weight is 430 g/mol. The molecule has 0 aliphatic rings. The van der Waals surface area contributed by atoms with E-state index in [0.29, 0.717) is 10.2 Å². The molecule has 0 radical (unpaired) electrons. The van der Waals surface area contributed by atoms with Crippen molar-refractivity contribution in [2.45, 2.75) is 0 Å². The maximum absolute atomic E-state index is 9.10. The first-order chi connectivity index (χ1) is 10.6. The molecular weight excluding hydrogens is 416 g/mol. The lowest BCUT2D eigenvalue weighted by Crippen LogP contribution is -1.82.